The molecule has 140 valence electrons. The summed E-state index contributed by atoms with van der Waals surface area (Å²) in [5, 5.41) is 11.0. The van der Waals surface area contributed by atoms with Crippen LogP contribution in [0.1, 0.15) is 18.1 Å². The van der Waals surface area contributed by atoms with Gasteiger partial charge in [0.15, 0.2) is 0 Å². The molecule has 0 unspecified atom stereocenters. The Balaban J connectivity index is 1.65. The number of methoxy groups -OCH3 is 1. The summed E-state index contributed by atoms with van der Waals surface area (Å²) < 4.78 is 10.8. The molecule has 1 atom stereocenters. The summed E-state index contributed by atoms with van der Waals surface area (Å²) in [7, 11) is 1.61. The van der Waals surface area contributed by atoms with Gasteiger partial charge in [-0.1, -0.05) is 23.9 Å². The molecule has 0 fully saturated rings. The highest BCUT2D eigenvalue weighted by molar-refractivity contribution is 8.00. The second kappa shape index (κ2) is 8.26. The lowest BCUT2D eigenvalue weighted by Crippen LogP contribution is -2.22. The zero-order valence-corrected chi connectivity index (χ0v) is 16.5. The summed E-state index contributed by atoms with van der Waals surface area (Å²) in [5.74, 6) is 1.05. The summed E-state index contributed by atoms with van der Waals surface area (Å²) >= 11 is 1.23. The van der Waals surface area contributed by atoms with Crippen molar-refractivity contribution < 1.29 is 13.9 Å². The predicted octanol–water partition coefficient (Wildman–Crippen LogP) is 4.48. The Morgan fingerprint density at radius 3 is 2.59 bits per heavy atom. The molecular formula is C20H21N3O3S. The molecule has 1 N–H and O–H groups in total. The van der Waals surface area contributed by atoms with Crippen LogP contribution in [-0.2, 0) is 4.79 Å². The number of hydrogen-bond donors (Lipinski definition) is 1. The Morgan fingerprint density at radius 2 is 1.89 bits per heavy atom. The lowest BCUT2D eigenvalue weighted by molar-refractivity contribution is -0.115. The van der Waals surface area contributed by atoms with E-state index in [-0.39, 0.29) is 11.2 Å². The summed E-state index contributed by atoms with van der Waals surface area (Å²) in [6.07, 6.45) is 0. The van der Waals surface area contributed by atoms with Crippen LogP contribution in [0.3, 0.4) is 0 Å². The van der Waals surface area contributed by atoms with Gasteiger partial charge in [0.25, 0.3) is 5.22 Å². The fourth-order valence-corrected chi connectivity index (χ4v) is 3.10. The van der Waals surface area contributed by atoms with Gasteiger partial charge in [-0.2, -0.15) is 0 Å². The van der Waals surface area contributed by atoms with Gasteiger partial charge in [-0.05, 0) is 62.2 Å². The second-order valence-electron chi connectivity index (χ2n) is 6.17. The highest BCUT2D eigenvalue weighted by Gasteiger charge is 2.19. The van der Waals surface area contributed by atoms with Crippen LogP contribution in [0, 0.1) is 13.8 Å². The van der Waals surface area contributed by atoms with E-state index >= 15 is 0 Å². The van der Waals surface area contributed by atoms with Gasteiger partial charge < -0.3 is 14.5 Å². The molecule has 0 radical (unpaired) electrons. The molecule has 3 aromatic rings. The van der Waals surface area contributed by atoms with E-state index in [1.54, 1.807) is 7.11 Å². The molecule has 6 nitrogen and oxygen atoms in total. The highest BCUT2D eigenvalue weighted by Crippen LogP contribution is 2.28. The fourth-order valence-electron chi connectivity index (χ4n) is 2.42. The standard InChI is InChI=1S/C20H21N3O3S/c1-12-5-6-13(2)17(11-12)21-18(24)14(3)27-20-23-22-19(26-20)15-7-9-16(25-4)10-8-15/h5-11,14H,1-4H3,(H,21,24)/t14-/m1/s1. The summed E-state index contributed by atoms with van der Waals surface area (Å²) in [6.45, 7) is 5.76. The molecule has 2 aromatic carbocycles. The van der Waals surface area contributed by atoms with Crippen molar-refractivity contribution in [2.75, 3.05) is 12.4 Å². The van der Waals surface area contributed by atoms with E-state index < -0.39 is 0 Å². The minimum atomic E-state index is -0.380. The third-order valence-corrected chi connectivity index (χ3v) is 4.98. The third-order valence-electron chi connectivity index (χ3n) is 4.04. The number of nitrogens with zero attached hydrogens (tertiary/aromatic N) is 2. The monoisotopic (exact) mass is 383 g/mol. The lowest BCUT2D eigenvalue weighted by Gasteiger charge is -2.12. The molecule has 0 spiro atoms. The van der Waals surface area contributed by atoms with Crippen LogP contribution in [0.25, 0.3) is 11.5 Å². The average molecular weight is 383 g/mol. The molecule has 0 saturated heterocycles. The summed E-state index contributed by atoms with van der Waals surface area (Å²) in [5.41, 5.74) is 3.72. The maximum Gasteiger partial charge on any atom is 0.277 e. The van der Waals surface area contributed by atoms with E-state index in [0.717, 1.165) is 28.1 Å². The van der Waals surface area contributed by atoms with Crippen molar-refractivity contribution in [1.29, 1.82) is 0 Å². The van der Waals surface area contributed by atoms with Crippen LogP contribution in [-0.4, -0.2) is 28.5 Å². The maximum atomic E-state index is 12.5. The van der Waals surface area contributed by atoms with Gasteiger partial charge in [0.05, 0.1) is 12.4 Å². The number of anilines is 1. The molecule has 3 rings (SSSR count). The molecule has 0 bridgehead atoms. The SMILES string of the molecule is COc1ccc(-c2nnc(S[C@H](C)C(=O)Nc3cc(C)ccc3C)o2)cc1. The Bertz CT molecular complexity index is 938. The molecule has 0 saturated carbocycles. The van der Waals surface area contributed by atoms with Crippen LogP contribution < -0.4 is 10.1 Å². The van der Waals surface area contributed by atoms with Gasteiger partial charge in [0.1, 0.15) is 5.75 Å². The first-order valence-electron chi connectivity index (χ1n) is 8.49. The molecule has 7 heteroatoms. The van der Waals surface area contributed by atoms with E-state index in [2.05, 4.69) is 15.5 Å². The van der Waals surface area contributed by atoms with Crippen LogP contribution in [0.15, 0.2) is 52.1 Å². The van der Waals surface area contributed by atoms with Crippen LogP contribution >= 0.6 is 11.8 Å². The molecule has 0 aliphatic rings. The first-order valence-corrected chi connectivity index (χ1v) is 9.37. The van der Waals surface area contributed by atoms with Crippen molar-refractivity contribution in [3.8, 4) is 17.2 Å². The van der Waals surface area contributed by atoms with Crippen molar-refractivity contribution in [3.63, 3.8) is 0 Å². The van der Waals surface area contributed by atoms with Gasteiger partial charge in [0, 0.05) is 11.3 Å². The van der Waals surface area contributed by atoms with E-state index in [1.807, 2.05) is 63.2 Å². The predicted molar refractivity (Wildman–Crippen MR) is 106 cm³/mol. The number of aryl methyl sites for hydroxylation is 2. The zero-order chi connectivity index (χ0) is 19.4. The topological polar surface area (TPSA) is 77.2 Å². The summed E-state index contributed by atoms with van der Waals surface area (Å²) in [6, 6.07) is 13.3. The van der Waals surface area contributed by atoms with E-state index in [4.69, 9.17) is 9.15 Å². The molecular weight excluding hydrogens is 362 g/mol. The third kappa shape index (κ3) is 4.68. The number of carbonyl (C=O) groups is 1. The molecule has 0 aliphatic carbocycles. The number of rotatable bonds is 6. The van der Waals surface area contributed by atoms with Crippen molar-refractivity contribution in [2.24, 2.45) is 0 Å². The second-order valence-corrected chi connectivity index (χ2v) is 7.46. The van der Waals surface area contributed by atoms with Gasteiger partial charge in [-0.3, -0.25) is 4.79 Å². The van der Waals surface area contributed by atoms with E-state index in [9.17, 15) is 4.79 Å². The van der Waals surface area contributed by atoms with Gasteiger partial charge in [-0.15, -0.1) is 10.2 Å². The van der Waals surface area contributed by atoms with Gasteiger partial charge >= 0.3 is 0 Å². The van der Waals surface area contributed by atoms with Crippen molar-refractivity contribution in [3.05, 3.63) is 53.6 Å². The first kappa shape index (κ1) is 19.0. The Morgan fingerprint density at radius 1 is 1.15 bits per heavy atom. The van der Waals surface area contributed by atoms with Crippen molar-refractivity contribution >= 4 is 23.4 Å². The van der Waals surface area contributed by atoms with Crippen LogP contribution in [0.5, 0.6) is 5.75 Å². The summed E-state index contributed by atoms with van der Waals surface area (Å²) in [4.78, 5) is 12.5. The van der Waals surface area contributed by atoms with Crippen molar-refractivity contribution in [1.82, 2.24) is 10.2 Å². The first-order chi connectivity index (χ1) is 13.0. The number of benzene rings is 2. The molecule has 27 heavy (non-hydrogen) atoms. The average Bonchev–Trinajstić information content (AvgIpc) is 3.13. The smallest absolute Gasteiger partial charge is 0.277 e. The Labute approximate surface area is 162 Å². The quantitative estimate of drug-likeness (QED) is 0.632. The Kier molecular flexibility index (Phi) is 5.81. The fraction of sp³-hybridized carbons (Fsp3) is 0.250. The number of ether oxygens (including phenoxy) is 1. The molecule has 0 aliphatic heterocycles. The highest BCUT2D eigenvalue weighted by atomic mass is 32.2. The van der Waals surface area contributed by atoms with Crippen LogP contribution in [0.2, 0.25) is 0 Å². The molecule has 1 amide bonds. The van der Waals surface area contributed by atoms with Crippen LogP contribution in [0.4, 0.5) is 5.69 Å². The van der Waals surface area contributed by atoms with E-state index in [0.29, 0.717) is 11.1 Å². The Hall–Kier alpha value is -2.80. The minimum Gasteiger partial charge on any atom is -0.497 e. The van der Waals surface area contributed by atoms with Crippen molar-refractivity contribution in [2.45, 2.75) is 31.2 Å². The largest absolute Gasteiger partial charge is 0.497 e. The molecule has 1 heterocycles. The number of thioether (sulfide) groups is 1. The number of aromatic nitrogens is 2. The molecule has 1 aromatic heterocycles. The minimum absolute atomic E-state index is 0.113. The zero-order valence-electron chi connectivity index (χ0n) is 15.6. The maximum absolute atomic E-state index is 12.5. The number of hydrogen-bond acceptors (Lipinski definition) is 6. The van der Waals surface area contributed by atoms with Gasteiger partial charge in [0.2, 0.25) is 11.8 Å². The normalized spacial score (nSPS) is 11.9. The number of carbonyl (C=O) groups excluding carboxylic acids is 1. The number of amides is 1. The van der Waals surface area contributed by atoms with E-state index in [1.165, 1.54) is 11.8 Å². The van der Waals surface area contributed by atoms with Gasteiger partial charge in [-0.25, -0.2) is 0 Å². The number of nitrogens with one attached hydrogen (secondary N) is 1. The lowest BCUT2D eigenvalue weighted by atomic mass is 10.1.